The predicted molar refractivity (Wildman–Crippen MR) is 68.8 cm³/mol. The molecule has 1 heterocycles. The van der Waals surface area contributed by atoms with Crippen LogP contribution in [0.15, 0.2) is 22.7 Å². The van der Waals surface area contributed by atoms with Crippen molar-refractivity contribution < 1.29 is 22.8 Å². The third-order valence-corrected chi connectivity index (χ3v) is 3.79. The molecule has 1 aliphatic rings. The fraction of sp³-hybridized carbons (Fsp3) is 0.333. The van der Waals surface area contributed by atoms with E-state index in [4.69, 9.17) is 5.73 Å². The van der Waals surface area contributed by atoms with Gasteiger partial charge in [-0.05, 0) is 18.2 Å². The topological polar surface area (TPSA) is 63.4 Å². The van der Waals surface area contributed by atoms with Gasteiger partial charge in [-0.15, -0.1) is 0 Å². The Labute approximate surface area is 120 Å². The van der Waals surface area contributed by atoms with Crippen molar-refractivity contribution in [3.05, 3.63) is 28.2 Å². The van der Waals surface area contributed by atoms with Gasteiger partial charge < -0.3 is 10.6 Å². The molecule has 0 saturated carbocycles. The highest BCUT2D eigenvalue weighted by atomic mass is 79.9. The molecule has 1 aromatic rings. The van der Waals surface area contributed by atoms with E-state index in [0.717, 1.165) is 11.0 Å². The molecule has 0 aromatic heterocycles. The first-order chi connectivity index (χ1) is 9.20. The van der Waals surface area contributed by atoms with E-state index in [1.54, 1.807) is 0 Å². The molecule has 4 nitrogen and oxygen atoms in total. The van der Waals surface area contributed by atoms with Gasteiger partial charge >= 0.3 is 6.18 Å². The minimum atomic E-state index is -4.53. The zero-order valence-electron chi connectivity index (χ0n) is 10.1. The molecule has 20 heavy (non-hydrogen) atoms. The zero-order chi connectivity index (χ0) is 15.1. The second-order valence-corrected chi connectivity index (χ2v) is 5.32. The molecule has 0 aliphatic carbocycles. The van der Waals surface area contributed by atoms with Gasteiger partial charge in [0, 0.05) is 23.1 Å². The van der Waals surface area contributed by atoms with Crippen molar-refractivity contribution in [2.75, 3.05) is 11.4 Å². The number of benzene rings is 1. The Morgan fingerprint density at radius 1 is 1.40 bits per heavy atom. The summed E-state index contributed by atoms with van der Waals surface area (Å²) < 4.78 is 38.3. The number of amides is 2. The maximum atomic E-state index is 12.8. The number of hydrogen-bond donors (Lipinski definition) is 1. The van der Waals surface area contributed by atoms with E-state index in [0.29, 0.717) is 0 Å². The van der Waals surface area contributed by atoms with Crippen LogP contribution in [0.2, 0.25) is 0 Å². The third-order valence-electron chi connectivity index (χ3n) is 3.09. The Morgan fingerprint density at radius 3 is 2.55 bits per heavy atom. The second kappa shape index (κ2) is 5.08. The molecule has 1 aliphatic heterocycles. The number of carbonyl (C=O) groups excluding carboxylic acids is 2. The highest BCUT2D eigenvalue weighted by Crippen LogP contribution is 2.38. The number of alkyl halides is 3. The maximum absolute atomic E-state index is 12.8. The van der Waals surface area contributed by atoms with Crippen LogP contribution in [0.4, 0.5) is 18.9 Å². The predicted octanol–water partition coefficient (Wildman–Crippen LogP) is 2.31. The Bertz CT molecular complexity index is 574. The van der Waals surface area contributed by atoms with E-state index in [1.165, 1.54) is 12.1 Å². The number of nitrogens with two attached hydrogens (primary N) is 1. The van der Waals surface area contributed by atoms with Gasteiger partial charge in [-0.2, -0.15) is 13.2 Å². The molecule has 1 saturated heterocycles. The molecular formula is C12H10BrF3N2O2. The van der Waals surface area contributed by atoms with Crippen LogP contribution in [0.5, 0.6) is 0 Å². The van der Waals surface area contributed by atoms with Crippen molar-refractivity contribution >= 4 is 33.4 Å². The van der Waals surface area contributed by atoms with Gasteiger partial charge in [0.1, 0.15) is 0 Å². The maximum Gasteiger partial charge on any atom is 0.417 e. The van der Waals surface area contributed by atoms with Gasteiger partial charge in [0.15, 0.2) is 0 Å². The summed E-state index contributed by atoms with van der Waals surface area (Å²) in [4.78, 5) is 24.0. The van der Waals surface area contributed by atoms with E-state index in [9.17, 15) is 22.8 Å². The third kappa shape index (κ3) is 2.79. The van der Waals surface area contributed by atoms with Gasteiger partial charge in [0.05, 0.1) is 11.5 Å². The molecule has 2 N–H and O–H groups in total. The Hall–Kier alpha value is -1.57. The monoisotopic (exact) mass is 350 g/mol. The average molecular weight is 351 g/mol. The first-order valence-corrected chi connectivity index (χ1v) is 6.46. The summed E-state index contributed by atoms with van der Waals surface area (Å²) in [5.74, 6) is -1.71. The number of nitrogens with zero attached hydrogens (tertiary/aromatic N) is 1. The highest BCUT2D eigenvalue weighted by Gasteiger charge is 2.37. The van der Waals surface area contributed by atoms with E-state index in [-0.39, 0.29) is 23.1 Å². The van der Waals surface area contributed by atoms with Crippen LogP contribution in [-0.4, -0.2) is 18.4 Å². The molecule has 1 fully saturated rings. The number of hydrogen-bond acceptors (Lipinski definition) is 2. The van der Waals surface area contributed by atoms with Gasteiger partial charge in [-0.3, -0.25) is 9.59 Å². The Morgan fingerprint density at radius 2 is 2.05 bits per heavy atom. The molecule has 2 rings (SSSR count). The quantitative estimate of drug-likeness (QED) is 0.889. The van der Waals surface area contributed by atoms with E-state index in [1.807, 2.05) is 0 Å². The molecule has 0 radical (unpaired) electrons. The second-order valence-electron chi connectivity index (χ2n) is 4.47. The van der Waals surface area contributed by atoms with Crippen molar-refractivity contribution in [3.8, 4) is 0 Å². The fourth-order valence-corrected chi connectivity index (χ4v) is 2.52. The molecule has 0 bridgehead atoms. The number of carbonyl (C=O) groups is 2. The molecule has 108 valence electrons. The van der Waals surface area contributed by atoms with Gasteiger partial charge in [0.25, 0.3) is 0 Å². The van der Waals surface area contributed by atoms with Crippen LogP contribution < -0.4 is 10.6 Å². The number of halogens is 4. The highest BCUT2D eigenvalue weighted by molar-refractivity contribution is 9.10. The summed E-state index contributed by atoms with van der Waals surface area (Å²) in [5, 5.41) is 0. The summed E-state index contributed by atoms with van der Waals surface area (Å²) in [6.07, 6.45) is -4.60. The lowest BCUT2D eigenvalue weighted by atomic mass is 10.1. The van der Waals surface area contributed by atoms with Crippen molar-refractivity contribution in [3.63, 3.8) is 0 Å². The molecule has 1 atom stereocenters. The molecule has 0 spiro atoms. The Balaban J connectivity index is 2.35. The van der Waals surface area contributed by atoms with Gasteiger partial charge in [-0.1, -0.05) is 15.9 Å². The average Bonchev–Trinajstić information content (AvgIpc) is 2.71. The van der Waals surface area contributed by atoms with E-state index in [2.05, 4.69) is 15.9 Å². The van der Waals surface area contributed by atoms with Crippen LogP contribution in [0.3, 0.4) is 0 Å². The van der Waals surface area contributed by atoms with Crippen LogP contribution >= 0.6 is 15.9 Å². The van der Waals surface area contributed by atoms with Crippen molar-refractivity contribution in [1.29, 1.82) is 0 Å². The molecular weight excluding hydrogens is 341 g/mol. The van der Waals surface area contributed by atoms with E-state index < -0.39 is 29.5 Å². The largest absolute Gasteiger partial charge is 0.417 e. The van der Waals surface area contributed by atoms with Crippen molar-refractivity contribution in [1.82, 2.24) is 0 Å². The van der Waals surface area contributed by atoms with Crippen LogP contribution in [0, 0.1) is 5.92 Å². The standard InChI is InChI=1S/C12H10BrF3N2O2/c13-9-2-1-7(4-8(9)12(14,15)16)18-5-6(11(17)20)3-10(18)19/h1-2,4,6H,3,5H2,(H2,17,20). The lowest BCUT2D eigenvalue weighted by Crippen LogP contribution is -2.28. The summed E-state index contributed by atoms with van der Waals surface area (Å²) in [6, 6.07) is 3.50. The first kappa shape index (κ1) is 14.8. The summed E-state index contributed by atoms with van der Waals surface area (Å²) in [5.41, 5.74) is 4.35. The van der Waals surface area contributed by atoms with Gasteiger partial charge in [0.2, 0.25) is 11.8 Å². The van der Waals surface area contributed by atoms with Gasteiger partial charge in [-0.25, -0.2) is 0 Å². The lowest BCUT2D eigenvalue weighted by molar-refractivity contribution is -0.138. The Kier molecular flexibility index (Phi) is 3.77. The number of primary amides is 1. The SMILES string of the molecule is NC(=O)C1CC(=O)N(c2ccc(Br)c(C(F)(F)F)c2)C1. The molecule has 1 unspecified atom stereocenters. The van der Waals surface area contributed by atoms with Crippen LogP contribution in [-0.2, 0) is 15.8 Å². The molecule has 2 amide bonds. The van der Waals surface area contributed by atoms with Crippen molar-refractivity contribution in [2.24, 2.45) is 11.7 Å². The van der Waals surface area contributed by atoms with E-state index >= 15 is 0 Å². The minimum Gasteiger partial charge on any atom is -0.369 e. The molecule has 8 heteroatoms. The minimum absolute atomic E-state index is 0.00704. The van der Waals surface area contributed by atoms with Crippen LogP contribution in [0.25, 0.3) is 0 Å². The lowest BCUT2D eigenvalue weighted by Gasteiger charge is -2.18. The summed E-state index contributed by atoms with van der Waals surface area (Å²) in [7, 11) is 0. The normalized spacial score (nSPS) is 19.5. The zero-order valence-corrected chi connectivity index (χ0v) is 11.7. The summed E-state index contributed by atoms with van der Waals surface area (Å²) in [6.45, 7) is 0.00704. The smallest absolute Gasteiger partial charge is 0.369 e. The number of anilines is 1. The van der Waals surface area contributed by atoms with Crippen molar-refractivity contribution in [2.45, 2.75) is 12.6 Å². The van der Waals surface area contributed by atoms with Crippen LogP contribution in [0.1, 0.15) is 12.0 Å². The first-order valence-electron chi connectivity index (χ1n) is 5.66. The number of rotatable bonds is 2. The molecule has 1 aromatic carbocycles. The fourth-order valence-electron chi connectivity index (χ4n) is 2.05. The summed E-state index contributed by atoms with van der Waals surface area (Å²) >= 11 is 2.83.